The third kappa shape index (κ3) is 59.3. The van der Waals surface area contributed by atoms with Gasteiger partial charge in [0, 0.05) is 6.42 Å². The molecule has 0 saturated heterocycles. The van der Waals surface area contributed by atoms with E-state index in [0.29, 0.717) is 23.9 Å². The number of phosphoric ester groups is 1. The third-order valence-corrected chi connectivity index (χ3v) is 15.1. The number of phosphoric acid groups is 1. The van der Waals surface area contributed by atoms with Crippen LogP contribution in [0.5, 0.6) is 0 Å². The Hall–Kier alpha value is -2.32. The average molecular weight is 1080 g/mol. The smallest absolute Gasteiger partial charge is 0.268 e. The number of allylic oxidation sites excluding steroid dienone is 14. The highest BCUT2D eigenvalue weighted by molar-refractivity contribution is 7.45. The van der Waals surface area contributed by atoms with Crippen molar-refractivity contribution in [3.63, 3.8) is 0 Å². The first-order valence-electron chi connectivity index (χ1n) is 31.9. The van der Waals surface area contributed by atoms with Crippen LogP contribution in [0.15, 0.2) is 85.1 Å². The molecule has 0 saturated carbocycles. The Labute approximate surface area is 471 Å². The molecule has 0 aliphatic rings. The van der Waals surface area contributed by atoms with E-state index in [1.807, 2.05) is 21.1 Å². The van der Waals surface area contributed by atoms with Crippen molar-refractivity contribution in [2.75, 3.05) is 40.9 Å². The van der Waals surface area contributed by atoms with Gasteiger partial charge in [0.1, 0.15) is 13.2 Å². The molecule has 0 aliphatic carbocycles. The van der Waals surface area contributed by atoms with E-state index in [2.05, 4.69) is 104 Å². The lowest BCUT2D eigenvalue weighted by Crippen LogP contribution is -2.46. The number of quaternary nitrogens is 1. The van der Waals surface area contributed by atoms with Crippen LogP contribution in [0, 0.1) is 0 Å². The molecule has 0 rings (SSSR count). The van der Waals surface area contributed by atoms with E-state index in [-0.39, 0.29) is 19.1 Å². The first kappa shape index (κ1) is 73.7. The summed E-state index contributed by atoms with van der Waals surface area (Å²) in [6.07, 6.45) is 80.5. The molecule has 442 valence electrons. The number of carbonyl (C=O) groups is 1. The highest BCUT2D eigenvalue weighted by Gasteiger charge is 2.24. The van der Waals surface area contributed by atoms with E-state index >= 15 is 0 Å². The van der Waals surface area contributed by atoms with Crippen LogP contribution in [0.2, 0.25) is 0 Å². The van der Waals surface area contributed by atoms with Crippen LogP contribution in [0.1, 0.15) is 284 Å². The van der Waals surface area contributed by atoms with E-state index in [9.17, 15) is 19.4 Å². The number of rotatable bonds is 58. The zero-order chi connectivity index (χ0) is 55.6. The first-order valence-corrected chi connectivity index (χ1v) is 33.4. The summed E-state index contributed by atoms with van der Waals surface area (Å²) in [5, 5.41) is 14.1. The van der Waals surface area contributed by atoms with Gasteiger partial charge in [-0.05, 0) is 70.6 Å². The molecule has 9 heteroatoms. The van der Waals surface area contributed by atoms with E-state index < -0.39 is 20.0 Å². The van der Waals surface area contributed by atoms with E-state index in [1.54, 1.807) is 0 Å². The highest BCUT2D eigenvalue weighted by atomic mass is 31.2. The summed E-state index contributed by atoms with van der Waals surface area (Å²) >= 11 is 0. The van der Waals surface area contributed by atoms with Crippen molar-refractivity contribution >= 4 is 13.7 Å². The van der Waals surface area contributed by atoms with Crippen molar-refractivity contribution in [3.8, 4) is 0 Å². The van der Waals surface area contributed by atoms with Gasteiger partial charge in [-0.25, -0.2) is 0 Å². The Balaban J connectivity index is 4.15. The van der Waals surface area contributed by atoms with Gasteiger partial charge in [0.15, 0.2) is 0 Å². The van der Waals surface area contributed by atoms with Gasteiger partial charge in [-0.2, -0.15) is 0 Å². The van der Waals surface area contributed by atoms with Crippen LogP contribution in [-0.4, -0.2) is 68.5 Å². The van der Waals surface area contributed by atoms with Crippen LogP contribution in [0.3, 0.4) is 0 Å². The molecule has 0 spiro atoms. The number of likely N-dealkylation sites (N-methyl/N-ethyl adjacent to an activating group) is 1. The van der Waals surface area contributed by atoms with Gasteiger partial charge in [-0.1, -0.05) is 292 Å². The summed E-state index contributed by atoms with van der Waals surface area (Å²) in [7, 11) is 1.30. The molecule has 0 radical (unpaired) electrons. The van der Waals surface area contributed by atoms with Crippen LogP contribution in [0.25, 0.3) is 0 Å². The Kier molecular flexibility index (Phi) is 55.6. The van der Waals surface area contributed by atoms with Crippen LogP contribution in [0.4, 0.5) is 0 Å². The molecule has 2 N–H and O–H groups in total. The summed E-state index contributed by atoms with van der Waals surface area (Å²) in [4.78, 5) is 25.6. The number of hydrogen-bond donors (Lipinski definition) is 2. The highest BCUT2D eigenvalue weighted by Crippen LogP contribution is 2.38. The van der Waals surface area contributed by atoms with Crippen molar-refractivity contribution in [2.45, 2.75) is 296 Å². The second-order valence-electron chi connectivity index (χ2n) is 22.7. The fourth-order valence-electron chi connectivity index (χ4n) is 9.20. The minimum Gasteiger partial charge on any atom is -0.756 e. The van der Waals surface area contributed by atoms with Gasteiger partial charge < -0.3 is 28.8 Å². The molecular weight excluding hydrogens is 960 g/mol. The maximum Gasteiger partial charge on any atom is 0.268 e. The maximum absolute atomic E-state index is 13.0. The van der Waals surface area contributed by atoms with Gasteiger partial charge in [-0.15, -0.1) is 0 Å². The van der Waals surface area contributed by atoms with Gasteiger partial charge in [0.25, 0.3) is 7.82 Å². The fourth-order valence-corrected chi connectivity index (χ4v) is 9.92. The molecule has 0 aliphatic heterocycles. The van der Waals surface area contributed by atoms with Crippen LogP contribution in [-0.2, 0) is 18.4 Å². The SMILES string of the molecule is CC/C=C\C/C=C\C/C=C\C/C=C\C/C=C\C/C=C\C/C=C\CCCCCCCCCCCC(=O)NC(COP(=O)([O-])OCC[N+](C)(C)C)C(O)CCCCCCCCCCCCCCCCCCCCCCCCC. The quantitative estimate of drug-likeness (QED) is 0.0272. The van der Waals surface area contributed by atoms with Gasteiger partial charge in [-0.3, -0.25) is 9.36 Å². The zero-order valence-corrected chi connectivity index (χ0v) is 51.3. The number of aliphatic hydroxyl groups is 1. The minimum absolute atomic E-state index is 0.00774. The van der Waals surface area contributed by atoms with Crippen molar-refractivity contribution in [1.29, 1.82) is 0 Å². The Morgan fingerprint density at radius 1 is 0.474 bits per heavy atom. The molecule has 0 aromatic rings. The lowest BCUT2D eigenvalue weighted by Gasteiger charge is -2.30. The number of carbonyl (C=O) groups excluding carboxylic acids is 1. The molecule has 0 heterocycles. The normalized spacial score (nSPS) is 14.4. The summed E-state index contributed by atoms with van der Waals surface area (Å²) in [5.41, 5.74) is 0. The molecule has 0 aromatic carbocycles. The molecule has 0 fully saturated rings. The van der Waals surface area contributed by atoms with Crippen LogP contribution >= 0.6 is 7.82 Å². The van der Waals surface area contributed by atoms with E-state index in [4.69, 9.17) is 9.05 Å². The second kappa shape index (κ2) is 57.4. The monoisotopic (exact) mass is 1080 g/mol. The summed E-state index contributed by atoms with van der Waals surface area (Å²) in [6, 6.07) is -0.811. The van der Waals surface area contributed by atoms with Crippen LogP contribution < -0.4 is 10.2 Å². The van der Waals surface area contributed by atoms with Crippen molar-refractivity contribution < 1.29 is 32.9 Å². The average Bonchev–Trinajstić information content (AvgIpc) is 3.38. The largest absolute Gasteiger partial charge is 0.756 e. The van der Waals surface area contributed by atoms with Gasteiger partial charge in [0.05, 0.1) is 39.9 Å². The van der Waals surface area contributed by atoms with E-state index in [0.717, 1.165) is 89.9 Å². The van der Waals surface area contributed by atoms with E-state index in [1.165, 1.54) is 167 Å². The maximum atomic E-state index is 13.0. The lowest BCUT2D eigenvalue weighted by atomic mass is 10.0. The lowest BCUT2D eigenvalue weighted by molar-refractivity contribution is -0.870. The van der Waals surface area contributed by atoms with Crippen molar-refractivity contribution in [3.05, 3.63) is 85.1 Å². The topological polar surface area (TPSA) is 108 Å². The number of aliphatic hydroxyl groups excluding tert-OH is 1. The van der Waals surface area contributed by atoms with Crippen molar-refractivity contribution in [2.24, 2.45) is 0 Å². The number of nitrogens with one attached hydrogen (secondary N) is 1. The number of amides is 1. The molecule has 3 atom stereocenters. The zero-order valence-electron chi connectivity index (χ0n) is 50.4. The Morgan fingerprint density at radius 2 is 0.803 bits per heavy atom. The van der Waals surface area contributed by atoms with Gasteiger partial charge >= 0.3 is 0 Å². The van der Waals surface area contributed by atoms with Gasteiger partial charge in [0.2, 0.25) is 5.91 Å². The molecular formula is C67H123N2O6P. The molecule has 0 aromatic heterocycles. The predicted octanol–water partition coefficient (Wildman–Crippen LogP) is 19.4. The standard InChI is InChI=1S/C67H123N2O6P/c1-6-8-10-12-14-16-18-20-22-24-26-28-30-31-32-33-34-35-36-37-39-41-43-45-47-49-51-53-55-57-59-61-67(71)68-65(64-75-76(72,73)74-63-62-69(3,4)5)66(70)60-58-56-54-52-50-48-46-44-42-40-38-29-27-25-23-21-19-17-15-13-11-9-7-2/h8,10,14,16,20,22,26,28,31-32,34-35,37,39,65-66,70H,6-7,9,11-13,15,17-19,21,23-25,27,29-30,33,36,38,40-64H2,1-5H3,(H-,68,71,72,73)/b10-8-,16-14-,22-20-,28-26-,32-31-,35-34-,39-37-. The number of unbranched alkanes of at least 4 members (excludes halogenated alkanes) is 31. The number of nitrogens with zero attached hydrogens (tertiary/aromatic N) is 1. The fraction of sp³-hybridized carbons (Fsp3) is 0.776. The molecule has 8 nitrogen and oxygen atoms in total. The second-order valence-corrected chi connectivity index (χ2v) is 24.2. The Bertz CT molecular complexity index is 1510. The van der Waals surface area contributed by atoms with Crippen molar-refractivity contribution in [1.82, 2.24) is 5.32 Å². The number of hydrogen-bond acceptors (Lipinski definition) is 6. The molecule has 3 unspecified atom stereocenters. The first-order chi connectivity index (χ1) is 37.0. The molecule has 1 amide bonds. The Morgan fingerprint density at radius 3 is 1.17 bits per heavy atom. The molecule has 0 bridgehead atoms. The summed E-state index contributed by atoms with van der Waals surface area (Å²) < 4.78 is 23.5. The summed E-state index contributed by atoms with van der Waals surface area (Å²) in [6.45, 7) is 4.63. The summed E-state index contributed by atoms with van der Waals surface area (Å²) in [5.74, 6) is -0.171. The minimum atomic E-state index is -4.58. The third-order valence-electron chi connectivity index (χ3n) is 14.1. The molecule has 76 heavy (non-hydrogen) atoms. The predicted molar refractivity (Wildman–Crippen MR) is 330 cm³/mol.